The molecule has 3 amide bonds. The van der Waals surface area contributed by atoms with E-state index in [2.05, 4.69) is 9.88 Å². The number of imide groups is 1. The minimum Gasteiger partial charge on any atom is -0.318 e. The third kappa shape index (κ3) is 3.35. The number of halogens is 1. The molecule has 1 saturated carbocycles. The van der Waals surface area contributed by atoms with Gasteiger partial charge in [-0.25, -0.2) is 4.79 Å². The maximum absolute atomic E-state index is 12.9. The summed E-state index contributed by atoms with van der Waals surface area (Å²) >= 11 is 6.00. The Labute approximate surface area is 170 Å². The van der Waals surface area contributed by atoms with Crippen molar-refractivity contribution in [1.82, 2.24) is 14.8 Å². The molecule has 0 radical (unpaired) electrons. The fourth-order valence-corrected chi connectivity index (χ4v) is 4.42. The van der Waals surface area contributed by atoms with Gasteiger partial charge in [0.05, 0.1) is 0 Å². The van der Waals surface area contributed by atoms with Gasteiger partial charge >= 0.3 is 6.03 Å². The molecule has 0 bridgehead atoms. The Morgan fingerprint density at radius 3 is 2.43 bits per heavy atom. The van der Waals surface area contributed by atoms with Crippen LogP contribution in [0, 0.1) is 13.8 Å². The summed E-state index contributed by atoms with van der Waals surface area (Å²) in [6.45, 7) is 4.03. The third-order valence-corrected chi connectivity index (χ3v) is 5.96. The molecule has 0 unspecified atom stereocenters. The largest absolute Gasteiger partial charge is 0.329 e. The van der Waals surface area contributed by atoms with Crippen molar-refractivity contribution in [2.75, 3.05) is 0 Å². The van der Waals surface area contributed by atoms with Crippen LogP contribution in [-0.4, -0.2) is 27.4 Å². The standard InChI is InChI=1S/C22H24ClN3O2/c1-14-12-16(15(2)25(14)19-10-8-17(23)9-11-19)13-20-21(27)26(22(28)24-20)18-6-4-3-5-7-18/h8-13,18H,3-7H2,1-2H3,(H,24,28)/b20-13-. The average molecular weight is 398 g/mol. The smallest absolute Gasteiger partial charge is 0.318 e. The Bertz CT molecular complexity index is 953. The van der Waals surface area contributed by atoms with Crippen LogP contribution in [0.25, 0.3) is 11.8 Å². The highest BCUT2D eigenvalue weighted by Gasteiger charge is 2.39. The summed E-state index contributed by atoms with van der Waals surface area (Å²) in [5.41, 5.74) is 4.33. The van der Waals surface area contributed by atoms with E-state index in [4.69, 9.17) is 11.6 Å². The number of benzene rings is 1. The SMILES string of the molecule is Cc1cc(/C=C2\NC(=O)N(C3CCCCC3)C2=O)c(C)n1-c1ccc(Cl)cc1. The second kappa shape index (κ2) is 7.47. The lowest BCUT2D eigenvalue weighted by atomic mass is 9.94. The van der Waals surface area contributed by atoms with Crippen LogP contribution in [0.2, 0.25) is 5.02 Å². The average Bonchev–Trinajstić information content (AvgIpc) is 3.12. The van der Waals surface area contributed by atoms with Crippen molar-refractivity contribution in [3.8, 4) is 5.69 Å². The molecule has 2 aromatic rings. The monoisotopic (exact) mass is 397 g/mol. The van der Waals surface area contributed by atoms with Crippen LogP contribution < -0.4 is 5.32 Å². The number of aryl methyl sites for hydroxylation is 1. The highest BCUT2D eigenvalue weighted by molar-refractivity contribution is 6.30. The van der Waals surface area contributed by atoms with E-state index in [0.717, 1.165) is 48.3 Å². The van der Waals surface area contributed by atoms with Gasteiger partial charge in [-0.2, -0.15) is 0 Å². The van der Waals surface area contributed by atoms with E-state index < -0.39 is 0 Å². The number of urea groups is 1. The van der Waals surface area contributed by atoms with E-state index in [-0.39, 0.29) is 18.0 Å². The van der Waals surface area contributed by atoms with Crippen molar-refractivity contribution in [3.63, 3.8) is 0 Å². The first-order valence-corrected chi connectivity index (χ1v) is 10.1. The fourth-order valence-electron chi connectivity index (χ4n) is 4.30. The molecular formula is C22H24ClN3O2. The topological polar surface area (TPSA) is 54.3 Å². The summed E-state index contributed by atoms with van der Waals surface area (Å²) < 4.78 is 2.11. The van der Waals surface area contributed by atoms with Crippen molar-refractivity contribution in [2.45, 2.75) is 52.0 Å². The normalized spacial score (nSPS) is 19.5. The van der Waals surface area contributed by atoms with Gasteiger partial charge in [-0.15, -0.1) is 0 Å². The van der Waals surface area contributed by atoms with E-state index in [9.17, 15) is 9.59 Å². The number of rotatable bonds is 3. The van der Waals surface area contributed by atoms with Gasteiger partial charge in [-0.1, -0.05) is 30.9 Å². The molecule has 2 fully saturated rings. The van der Waals surface area contributed by atoms with E-state index in [1.807, 2.05) is 44.2 Å². The molecule has 1 N–H and O–H groups in total. The highest BCUT2D eigenvalue weighted by atomic mass is 35.5. The van der Waals surface area contributed by atoms with E-state index in [1.165, 1.54) is 11.3 Å². The number of carbonyl (C=O) groups excluding carboxylic acids is 2. The quantitative estimate of drug-likeness (QED) is 0.587. The predicted octanol–water partition coefficient (Wildman–Crippen LogP) is 4.97. The minimum atomic E-state index is -0.297. The predicted molar refractivity (Wildman–Crippen MR) is 110 cm³/mol. The zero-order valence-electron chi connectivity index (χ0n) is 16.2. The van der Waals surface area contributed by atoms with Crippen molar-refractivity contribution in [2.24, 2.45) is 0 Å². The van der Waals surface area contributed by atoms with Crippen molar-refractivity contribution < 1.29 is 9.59 Å². The van der Waals surface area contributed by atoms with E-state index in [0.29, 0.717) is 10.7 Å². The number of nitrogens with zero attached hydrogens (tertiary/aromatic N) is 2. The Morgan fingerprint density at radius 2 is 1.75 bits per heavy atom. The maximum atomic E-state index is 12.9. The second-order valence-electron chi connectivity index (χ2n) is 7.59. The summed E-state index contributed by atoms with van der Waals surface area (Å²) in [4.78, 5) is 26.7. The fraction of sp³-hybridized carbons (Fsp3) is 0.364. The van der Waals surface area contributed by atoms with Gasteiger partial charge in [0.1, 0.15) is 5.70 Å². The first-order chi connectivity index (χ1) is 13.5. The molecule has 2 heterocycles. The summed E-state index contributed by atoms with van der Waals surface area (Å²) in [6, 6.07) is 9.40. The number of aromatic nitrogens is 1. The first kappa shape index (κ1) is 18.8. The van der Waals surface area contributed by atoms with Gasteiger partial charge in [-0.3, -0.25) is 9.69 Å². The van der Waals surface area contributed by atoms with Gasteiger partial charge in [0.2, 0.25) is 0 Å². The third-order valence-electron chi connectivity index (χ3n) is 5.70. The van der Waals surface area contributed by atoms with Crippen LogP contribution in [0.5, 0.6) is 0 Å². The molecule has 5 nitrogen and oxygen atoms in total. The minimum absolute atomic E-state index is 0.0219. The lowest BCUT2D eigenvalue weighted by Gasteiger charge is -2.28. The Morgan fingerprint density at radius 1 is 1.07 bits per heavy atom. The summed E-state index contributed by atoms with van der Waals surface area (Å²) in [5, 5.41) is 3.46. The molecule has 1 aromatic heterocycles. The molecule has 2 aliphatic rings. The molecular weight excluding hydrogens is 374 g/mol. The van der Waals surface area contributed by atoms with Crippen LogP contribution >= 0.6 is 11.6 Å². The van der Waals surface area contributed by atoms with Crippen molar-refractivity contribution >= 4 is 29.6 Å². The maximum Gasteiger partial charge on any atom is 0.329 e. The lowest BCUT2D eigenvalue weighted by Crippen LogP contribution is -2.41. The number of carbonyl (C=O) groups is 2. The molecule has 1 aromatic carbocycles. The van der Waals surface area contributed by atoms with Gasteiger partial charge < -0.3 is 9.88 Å². The second-order valence-corrected chi connectivity index (χ2v) is 8.03. The van der Waals surface area contributed by atoms with Crippen molar-refractivity contribution in [1.29, 1.82) is 0 Å². The van der Waals surface area contributed by atoms with Crippen LogP contribution in [0.15, 0.2) is 36.0 Å². The number of hydrogen-bond donors (Lipinski definition) is 1. The molecule has 1 aliphatic heterocycles. The van der Waals surface area contributed by atoms with E-state index >= 15 is 0 Å². The molecule has 0 atom stereocenters. The molecule has 4 rings (SSSR count). The zero-order chi connectivity index (χ0) is 19.8. The molecule has 0 spiro atoms. The van der Waals surface area contributed by atoms with Crippen LogP contribution in [0.1, 0.15) is 49.1 Å². The Hall–Kier alpha value is -2.53. The van der Waals surface area contributed by atoms with Crippen LogP contribution in [-0.2, 0) is 4.79 Å². The Kier molecular flexibility index (Phi) is 5.02. The summed E-state index contributed by atoms with van der Waals surface area (Å²) in [7, 11) is 0. The van der Waals surface area contributed by atoms with Crippen LogP contribution in [0.4, 0.5) is 4.79 Å². The molecule has 1 saturated heterocycles. The number of nitrogens with one attached hydrogen (secondary N) is 1. The van der Waals surface area contributed by atoms with Crippen molar-refractivity contribution in [3.05, 3.63) is 58.0 Å². The highest BCUT2D eigenvalue weighted by Crippen LogP contribution is 2.28. The number of hydrogen-bond acceptors (Lipinski definition) is 2. The first-order valence-electron chi connectivity index (χ1n) is 9.77. The zero-order valence-corrected chi connectivity index (χ0v) is 16.9. The molecule has 1 aliphatic carbocycles. The number of amides is 3. The molecule has 28 heavy (non-hydrogen) atoms. The van der Waals surface area contributed by atoms with Gasteiger partial charge in [0.25, 0.3) is 5.91 Å². The lowest BCUT2D eigenvalue weighted by molar-refractivity contribution is -0.124. The van der Waals surface area contributed by atoms with Gasteiger partial charge in [-0.05, 0) is 68.7 Å². The summed E-state index contributed by atoms with van der Waals surface area (Å²) in [6.07, 6.45) is 6.92. The molecule has 146 valence electrons. The van der Waals surface area contributed by atoms with Gasteiger partial charge in [0, 0.05) is 28.1 Å². The Balaban J connectivity index is 1.64. The van der Waals surface area contributed by atoms with Gasteiger partial charge in [0.15, 0.2) is 0 Å². The van der Waals surface area contributed by atoms with E-state index in [1.54, 1.807) is 6.08 Å². The van der Waals surface area contributed by atoms with Crippen LogP contribution in [0.3, 0.4) is 0 Å². The summed E-state index contributed by atoms with van der Waals surface area (Å²) in [5.74, 6) is -0.215. The molecule has 6 heteroatoms.